The van der Waals surface area contributed by atoms with Crippen LogP contribution in [-0.4, -0.2) is 37.0 Å². The van der Waals surface area contributed by atoms with Crippen LogP contribution in [0.3, 0.4) is 0 Å². The van der Waals surface area contributed by atoms with Gasteiger partial charge in [0.15, 0.2) is 0 Å². The molecule has 1 aromatic carbocycles. The summed E-state index contributed by atoms with van der Waals surface area (Å²) in [6, 6.07) is 0.726. The van der Waals surface area contributed by atoms with E-state index < -0.39 is 21.9 Å². The van der Waals surface area contributed by atoms with E-state index in [1.54, 1.807) is 6.92 Å². The number of hydrogen-bond acceptors (Lipinski definition) is 4. The van der Waals surface area contributed by atoms with Crippen molar-refractivity contribution in [3.63, 3.8) is 0 Å². The zero-order valence-electron chi connectivity index (χ0n) is 11.6. The van der Waals surface area contributed by atoms with Crippen molar-refractivity contribution in [3.05, 3.63) is 23.0 Å². The van der Waals surface area contributed by atoms with Crippen molar-refractivity contribution in [2.45, 2.75) is 37.6 Å². The van der Waals surface area contributed by atoms with Crippen LogP contribution in [0.25, 0.3) is 0 Å². The highest BCUT2D eigenvalue weighted by atomic mass is 32.2. The first-order valence-electron chi connectivity index (χ1n) is 6.48. The van der Waals surface area contributed by atoms with Gasteiger partial charge in [-0.2, -0.15) is 4.31 Å². The minimum absolute atomic E-state index is 0.0525. The zero-order chi connectivity index (χ0) is 15.1. The first kappa shape index (κ1) is 15.2. The highest BCUT2D eigenvalue weighted by molar-refractivity contribution is 7.89. The average Bonchev–Trinajstić information content (AvgIpc) is 2.84. The summed E-state index contributed by atoms with van der Waals surface area (Å²) in [5.41, 5.74) is 6.02. The normalized spacial score (nSPS) is 20.5. The van der Waals surface area contributed by atoms with Crippen LogP contribution in [0.5, 0.6) is 0 Å². The zero-order valence-corrected chi connectivity index (χ0v) is 12.4. The lowest BCUT2D eigenvalue weighted by Gasteiger charge is -2.25. The Bertz CT molecular complexity index is 631. The summed E-state index contributed by atoms with van der Waals surface area (Å²) < 4.78 is 40.3. The maximum absolute atomic E-state index is 13.6. The summed E-state index contributed by atoms with van der Waals surface area (Å²) in [6.07, 6.45) is 1.34. The van der Waals surface area contributed by atoms with Gasteiger partial charge in [0.2, 0.25) is 10.0 Å². The summed E-state index contributed by atoms with van der Waals surface area (Å²) in [4.78, 5) is 0.0525. The second kappa shape index (κ2) is 5.31. The molecule has 0 spiro atoms. The summed E-state index contributed by atoms with van der Waals surface area (Å²) in [5.74, 6) is -0.612. The smallest absolute Gasteiger partial charge is 0.244 e. The molecule has 1 heterocycles. The molecular weight excluding hydrogens is 283 g/mol. The fraction of sp³-hybridized carbons (Fsp3) is 0.538. The number of aliphatic hydroxyl groups is 1. The molecule has 0 radical (unpaired) electrons. The fourth-order valence-electron chi connectivity index (χ4n) is 2.75. The minimum Gasteiger partial charge on any atom is -0.396 e. The number of benzene rings is 1. The van der Waals surface area contributed by atoms with E-state index in [1.807, 2.05) is 0 Å². The van der Waals surface area contributed by atoms with E-state index in [0.29, 0.717) is 24.9 Å². The molecule has 20 heavy (non-hydrogen) atoms. The topological polar surface area (TPSA) is 83.6 Å². The van der Waals surface area contributed by atoms with Gasteiger partial charge in [0, 0.05) is 12.6 Å². The molecule has 1 fully saturated rings. The highest BCUT2D eigenvalue weighted by Crippen LogP contribution is 2.33. The largest absolute Gasteiger partial charge is 0.396 e. The van der Waals surface area contributed by atoms with Gasteiger partial charge in [-0.25, -0.2) is 12.8 Å². The van der Waals surface area contributed by atoms with Gasteiger partial charge in [-0.05, 0) is 43.9 Å². The lowest BCUT2D eigenvalue weighted by Crippen LogP contribution is -2.38. The molecule has 0 saturated carbocycles. The van der Waals surface area contributed by atoms with E-state index in [9.17, 15) is 17.9 Å². The number of nitrogens with zero attached hydrogens (tertiary/aromatic N) is 1. The van der Waals surface area contributed by atoms with Crippen molar-refractivity contribution in [3.8, 4) is 0 Å². The van der Waals surface area contributed by atoms with Crippen LogP contribution in [0.4, 0.5) is 10.1 Å². The molecule has 0 aliphatic carbocycles. The van der Waals surface area contributed by atoms with Crippen LogP contribution in [0.2, 0.25) is 0 Å². The summed E-state index contributed by atoms with van der Waals surface area (Å²) in [6.45, 7) is 3.20. The lowest BCUT2D eigenvalue weighted by atomic mass is 10.1. The molecule has 112 valence electrons. The van der Waals surface area contributed by atoms with E-state index >= 15 is 0 Å². The average molecular weight is 302 g/mol. The Morgan fingerprint density at radius 3 is 2.75 bits per heavy atom. The van der Waals surface area contributed by atoms with Crippen LogP contribution in [0, 0.1) is 19.7 Å². The maximum Gasteiger partial charge on any atom is 0.244 e. The molecule has 5 nitrogen and oxygen atoms in total. The highest BCUT2D eigenvalue weighted by Gasteiger charge is 2.37. The van der Waals surface area contributed by atoms with Crippen molar-refractivity contribution < 1.29 is 17.9 Å². The van der Waals surface area contributed by atoms with Gasteiger partial charge in [-0.15, -0.1) is 0 Å². The summed E-state index contributed by atoms with van der Waals surface area (Å²) >= 11 is 0. The number of hydrogen-bond donors (Lipinski definition) is 2. The van der Waals surface area contributed by atoms with Crippen LogP contribution in [0.1, 0.15) is 24.0 Å². The first-order valence-corrected chi connectivity index (χ1v) is 7.92. The van der Waals surface area contributed by atoms with Crippen molar-refractivity contribution in [2.75, 3.05) is 18.9 Å². The Morgan fingerprint density at radius 1 is 1.50 bits per heavy atom. The number of aliphatic hydroxyl groups excluding tert-OH is 1. The third kappa shape index (κ3) is 2.30. The van der Waals surface area contributed by atoms with Gasteiger partial charge in [-0.1, -0.05) is 0 Å². The molecule has 7 heteroatoms. The summed E-state index contributed by atoms with van der Waals surface area (Å²) in [5, 5.41) is 9.29. The number of aryl methyl sites for hydroxylation is 1. The molecule has 3 N–H and O–H groups in total. The van der Waals surface area contributed by atoms with Gasteiger partial charge >= 0.3 is 0 Å². The Hall–Kier alpha value is -1.18. The van der Waals surface area contributed by atoms with Crippen molar-refractivity contribution >= 4 is 15.7 Å². The second-order valence-corrected chi connectivity index (χ2v) is 6.96. The second-order valence-electron chi connectivity index (χ2n) is 5.14. The van der Waals surface area contributed by atoms with Gasteiger partial charge < -0.3 is 10.8 Å². The van der Waals surface area contributed by atoms with Crippen LogP contribution in [-0.2, 0) is 10.0 Å². The molecule has 0 unspecified atom stereocenters. The molecule has 1 aliphatic heterocycles. The van der Waals surface area contributed by atoms with Crippen LogP contribution in [0.15, 0.2) is 11.0 Å². The lowest BCUT2D eigenvalue weighted by molar-refractivity contribution is 0.213. The van der Waals surface area contributed by atoms with Gasteiger partial charge in [0.05, 0.1) is 17.2 Å². The standard InChI is InChI=1S/C13H19FN2O3S/c1-8-6-11(14)12(15)9(2)13(8)20(18,19)16-5-3-4-10(16)7-17/h6,10,17H,3-5,7,15H2,1-2H3/t10-/m1/s1. The molecular formula is C13H19FN2O3S. The SMILES string of the molecule is Cc1cc(F)c(N)c(C)c1S(=O)(=O)N1CCC[C@@H]1CO. The number of halogens is 1. The van der Waals surface area contributed by atoms with E-state index in [2.05, 4.69) is 0 Å². The van der Waals surface area contributed by atoms with E-state index in [4.69, 9.17) is 5.73 Å². The van der Waals surface area contributed by atoms with Crippen molar-refractivity contribution in [1.29, 1.82) is 0 Å². The van der Waals surface area contributed by atoms with Gasteiger partial charge in [0.25, 0.3) is 0 Å². The van der Waals surface area contributed by atoms with E-state index in [1.165, 1.54) is 11.2 Å². The summed E-state index contributed by atoms with van der Waals surface area (Å²) in [7, 11) is -3.77. The quantitative estimate of drug-likeness (QED) is 0.821. The Labute approximate surface area is 118 Å². The third-order valence-corrected chi connectivity index (χ3v) is 6.05. The van der Waals surface area contributed by atoms with Crippen LogP contribution < -0.4 is 5.73 Å². The van der Waals surface area contributed by atoms with Gasteiger partial charge in [0.1, 0.15) is 5.82 Å². The fourth-order valence-corrected chi connectivity index (χ4v) is 4.88. The van der Waals surface area contributed by atoms with Gasteiger partial charge in [-0.3, -0.25) is 0 Å². The van der Waals surface area contributed by atoms with Crippen LogP contribution >= 0.6 is 0 Å². The molecule has 1 atom stereocenters. The van der Waals surface area contributed by atoms with E-state index in [0.717, 1.165) is 6.07 Å². The first-order chi connectivity index (χ1) is 9.30. The number of rotatable bonds is 3. The number of anilines is 1. The molecule has 2 rings (SSSR count). The number of nitrogen functional groups attached to an aromatic ring is 1. The number of sulfonamides is 1. The maximum atomic E-state index is 13.6. The Kier molecular flexibility index (Phi) is 4.04. The Balaban J connectivity index is 2.58. The number of nitrogens with two attached hydrogens (primary N) is 1. The molecule has 1 aliphatic rings. The molecule has 0 aromatic heterocycles. The minimum atomic E-state index is -3.77. The predicted molar refractivity (Wildman–Crippen MR) is 74.3 cm³/mol. The molecule has 1 saturated heterocycles. The van der Waals surface area contributed by atoms with Crippen molar-refractivity contribution in [2.24, 2.45) is 0 Å². The van der Waals surface area contributed by atoms with E-state index in [-0.39, 0.29) is 22.8 Å². The van der Waals surface area contributed by atoms with Crippen molar-refractivity contribution in [1.82, 2.24) is 4.31 Å². The molecule has 0 bridgehead atoms. The molecule has 1 aromatic rings. The molecule has 0 amide bonds. The Morgan fingerprint density at radius 2 is 2.15 bits per heavy atom. The third-order valence-electron chi connectivity index (χ3n) is 3.80. The monoisotopic (exact) mass is 302 g/mol. The predicted octanol–water partition coefficient (Wildman–Crippen LogP) is 1.17.